The average molecular weight is 261 g/mol. The van der Waals surface area contributed by atoms with Gasteiger partial charge in [0.1, 0.15) is 0 Å². The van der Waals surface area contributed by atoms with Gasteiger partial charge in [-0.3, -0.25) is 0 Å². The molecule has 0 aliphatic rings. The number of hydrogen-bond acceptors (Lipinski definition) is 0. The molecule has 0 aromatic rings. The number of unbranched alkanes of at least 4 members (excludes halogenated alkanes) is 3. The van der Waals surface area contributed by atoms with E-state index in [-0.39, 0.29) is 23.2 Å². The summed E-state index contributed by atoms with van der Waals surface area (Å²) in [5.74, 6) is 0. The van der Waals surface area contributed by atoms with E-state index in [1.54, 1.807) is 0 Å². The quantitative estimate of drug-likeness (QED) is 0.483. The minimum absolute atomic E-state index is 0. The molecule has 0 heterocycles. The largest absolute Gasteiger partial charge is 1.00 e. The number of rotatable bonds is 9. The van der Waals surface area contributed by atoms with Gasteiger partial charge in [-0.2, -0.15) is 25.8 Å². The Morgan fingerprint density at radius 3 is 1.13 bits per heavy atom. The first-order chi connectivity index (χ1) is 6.68. The molecule has 0 aliphatic carbocycles. The molecule has 0 amide bonds. The topological polar surface area (TPSA) is 0 Å². The van der Waals surface area contributed by atoms with Crippen LogP contribution < -0.4 is 0 Å². The molecule has 0 aliphatic heterocycles. The molecule has 0 aromatic heterocycles. The third-order valence-corrected chi connectivity index (χ3v) is 3.76. The molecule has 0 atom stereocenters. The summed E-state index contributed by atoms with van der Waals surface area (Å²) in [6, 6.07) is 0. The van der Waals surface area contributed by atoms with E-state index in [0.717, 1.165) is 0 Å². The smallest absolute Gasteiger partial charge is 0.190 e. The zero-order valence-corrected chi connectivity index (χ0v) is 12.2. The van der Waals surface area contributed by atoms with Crippen LogP contribution in [0.3, 0.4) is 0 Å². The molecule has 0 saturated carbocycles. The van der Waals surface area contributed by atoms with Gasteiger partial charge >= 0.3 is 17.1 Å². The van der Waals surface area contributed by atoms with Crippen LogP contribution in [-0.4, -0.2) is 6.15 Å². The van der Waals surface area contributed by atoms with E-state index in [9.17, 15) is 0 Å². The van der Waals surface area contributed by atoms with Crippen LogP contribution in [0.2, 0.25) is 25.8 Å². The van der Waals surface area contributed by atoms with Crippen molar-refractivity contribution >= 4 is 6.15 Å². The van der Waals surface area contributed by atoms with Gasteiger partial charge in [0.2, 0.25) is 0 Å². The van der Waals surface area contributed by atoms with Crippen LogP contribution in [0.15, 0.2) is 0 Å². The van der Waals surface area contributed by atoms with Crippen LogP contribution in [0.5, 0.6) is 0 Å². The van der Waals surface area contributed by atoms with E-state index in [4.69, 9.17) is 0 Å². The van der Waals surface area contributed by atoms with Crippen molar-refractivity contribution in [2.75, 3.05) is 0 Å². The molecule has 0 N–H and O–H groups in total. The minimum Gasteiger partial charge on any atom is -0.190 e. The second-order valence-corrected chi connectivity index (χ2v) is 5.52. The fourth-order valence-electron chi connectivity index (χ4n) is 2.52. The molecule has 0 aromatic carbocycles. The molecule has 0 spiro atoms. The molecule has 96 valence electrons. The standard InChI is InChI=1S/C13H30B.Cu/c1-5-8-11-14(4,12-9-6-2)13-10-7-3;/h5-13H2,1-4H3;/q-1;+1. The molecule has 0 unspecified atom stereocenters. The van der Waals surface area contributed by atoms with Crippen molar-refractivity contribution < 1.29 is 17.1 Å². The molecular weight excluding hydrogens is 231 g/mol. The van der Waals surface area contributed by atoms with Gasteiger partial charge in [-0.15, -0.1) is 0 Å². The van der Waals surface area contributed by atoms with Crippen LogP contribution in [0.4, 0.5) is 0 Å². The van der Waals surface area contributed by atoms with Gasteiger partial charge in [-0.1, -0.05) is 59.3 Å². The number of hydrogen-bond donors (Lipinski definition) is 0. The van der Waals surface area contributed by atoms with Crippen molar-refractivity contribution in [3.63, 3.8) is 0 Å². The summed E-state index contributed by atoms with van der Waals surface area (Å²) >= 11 is 0. The first-order valence-electron chi connectivity index (χ1n) is 6.92. The third-order valence-electron chi connectivity index (χ3n) is 3.76. The molecule has 2 heteroatoms. The summed E-state index contributed by atoms with van der Waals surface area (Å²) < 4.78 is 0. The predicted octanol–water partition coefficient (Wildman–Crippen LogP) is 5.46. The monoisotopic (exact) mass is 260 g/mol. The van der Waals surface area contributed by atoms with Gasteiger partial charge in [0, 0.05) is 0 Å². The molecule has 0 bridgehead atoms. The second-order valence-electron chi connectivity index (χ2n) is 5.52. The van der Waals surface area contributed by atoms with Crippen molar-refractivity contribution in [1.29, 1.82) is 0 Å². The maximum atomic E-state index is 2.57. The van der Waals surface area contributed by atoms with Gasteiger partial charge in [-0.25, -0.2) is 0 Å². The van der Waals surface area contributed by atoms with Crippen LogP contribution in [0.25, 0.3) is 0 Å². The Bertz CT molecular complexity index is 104. The zero-order chi connectivity index (χ0) is 10.9. The maximum absolute atomic E-state index is 2.57. The minimum atomic E-state index is -0.00542. The SMILES string of the molecule is CCCC[B-](C)(CCCC)CCCC.[Cu+]. The third kappa shape index (κ3) is 9.51. The van der Waals surface area contributed by atoms with E-state index < -0.39 is 0 Å². The molecule has 0 rings (SSSR count). The van der Waals surface area contributed by atoms with Gasteiger partial charge in [0.25, 0.3) is 0 Å². The van der Waals surface area contributed by atoms with E-state index in [0.29, 0.717) is 0 Å². The van der Waals surface area contributed by atoms with Gasteiger partial charge < -0.3 is 0 Å². The summed E-state index contributed by atoms with van der Waals surface area (Å²) in [7, 11) is 0. The predicted molar refractivity (Wildman–Crippen MR) is 70.8 cm³/mol. The van der Waals surface area contributed by atoms with Crippen molar-refractivity contribution in [1.82, 2.24) is 0 Å². The Morgan fingerprint density at radius 1 is 0.667 bits per heavy atom. The van der Waals surface area contributed by atoms with Gasteiger partial charge in [0.05, 0.1) is 0 Å². The van der Waals surface area contributed by atoms with Crippen molar-refractivity contribution in [2.24, 2.45) is 0 Å². The Kier molecular flexibility index (Phi) is 13.3. The molecule has 0 radical (unpaired) electrons. The van der Waals surface area contributed by atoms with E-state index in [1.165, 1.54) is 57.5 Å². The summed E-state index contributed by atoms with van der Waals surface area (Å²) in [6.45, 7) is 9.52. The summed E-state index contributed by atoms with van der Waals surface area (Å²) in [5, 5.41) is 0. The Morgan fingerprint density at radius 2 is 0.933 bits per heavy atom. The maximum Gasteiger partial charge on any atom is 1.00 e. The molecule has 0 saturated heterocycles. The van der Waals surface area contributed by atoms with Crippen molar-refractivity contribution in [3.05, 3.63) is 0 Å². The fourth-order valence-corrected chi connectivity index (χ4v) is 2.52. The van der Waals surface area contributed by atoms with Crippen molar-refractivity contribution in [3.8, 4) is 0 Å². The molecule has 0 fully saturated rings. The Hall–Kier alpha value is 0.584. The van der Waals surface area contributed by atoms with Crippen LogP contribution in [0, 0.1) is 0 Å². The summed E-state index contributed by atoms with van der Waals surface area (Å²) in [4.78, 5) is 0. The van der Waals surface area contributed by atoms with Gasteiger partial charge in [0.15, 0.2) is 0 Å². The summed E-state index contributed by atoms with van der Waals surface area (Å²) in [5.41, 5.74) is 0. The fraction of sp³-hybridized carbons (Fsp3) is 1.00. The first kappa shape index (κ1) is 18.0. The average Bonchev–Trinajstić information content (AvgIpc) is 2.21. The van der Waals surface area contributed by atoms with E-state index in [2.05, 4.69) is 27.6 Å². The zero-order valence-electron chi connectivity index (χ0n) is 11.2. The Labute approximate surface area is 108 Å². The van der Waals surface area contributed by atoms with E-state index >= 15 is 0 Å². The second kappa shape index (κ2) is 11.1. The van der Waals surface area contributed by atoms with Crippen LogP contribution in [0.1, 0.15) is 59.3 Å². The first-order valence-corrected chi connectivity index (χ1v) is 6.92. The molecule has 15 heavy (non-hydrogen) atoms. The molecule has 0 nitrogen and oxygen atoms in total. The normalized spacial score (nSPS) is 11.2. The van der Waals surface area contributed by atoms with Crippen molar-refractivity contribution in [2.45, 2.75) is 85.1 Å². The summed E-state index contributed by atoms with van der Waals surface area (Å²) in [6.07, 6.45) is 13.0. The van der Waals surface area contributed by atoms with Crippen LogP contribution in [-0.2, 0) is 17.1 Å². The Balaban J connectivity index is 0. The van der Waals surface area contributed by atoms with Crippen LogP contribution >= 0.6 is 0 Å². The molecular formula is C13H30BCu. The van der Waals surface area contributed by atoms with E-state index in [1.807, 2.05) is 0 Å². The van der Waals surface area contributed by atoms with Gasteiger partial charge in [-0.05, 0) is 6.15 Å².